The summed E-state index contributed by atoms with van der Waals surface area (Å²) in [5.41, 5.74) is 3.38. The van der Waals surface area contributed by atoms with Crippen LogP contribution in [0.25, 0.3) is 11.3 Å². The number of halogens is 1. The average Bonchev–Trinajstić information content (AvgIpc) is 3.28. The molecule has 1 amide bonds. The quantitative estimate of drug-likeness (QED) is 0.347. The Morgan fingerprint density at radius 1 is 1.09 bits per heavy atom. The van der Waals surface area contributed by atoms with Crippen LogP contribution in [0.4, 0.5) is 0 Å². The van der Waals surface area contributed by atoms with Gasteiger partial charge in [0.25, 0.3) is 5.91 Å². The van der Waals surface area contributed by atoms with Gasteiger partial charge in [0.05, 0.1) is 18.3 Å². The Morgan fingerprint density at radius 2 is 1.85 bits per heavy atom. The fourth-order valence-electron chi connectivity index (χ4n) is 4.37. The molecule has 0 fully saturated rings. The Hall–Kier alpha value is -2.92. The minimum absolute atomic E-state index is 0.0761. The molecule has 33 heavy (non-hydrogen) atoms. The highest BCUT2D eigenvalue weighted by Gasteiger charge is 2.33. The van der Waals surface area contributed by atoms with Crippen LogP contribution < -0.4 is 0 Å². The van der Waals surface area contributed by atoms with Crippen molar-refractivity contribution in [3.8, 4) is 11.3 Å². The molecule has 2 aromatic carbocycles. The Morgan fingerprint density at radius 3 is 2.58 bits per heavy atom. The number of aryl methyl sites for hydroxylation is 1. The van der Waals surface area contributed by atoms with E-state index in [1.54, 1.807) is 4.90 Å². The smallest absolute Gasteiger partial charge is 0.272 e. The molecule has 6 heteroatoms. The van der Waals surface area contributed by atoms with Crippen molar-refractivity contribution >= 4 is 23.3 Å². The SMILES string of the molecule is CCCCCC1CN(CC(=O)CCc2ccccc2)C(=O)c2cc(-c3ccc(Cl)cc3)nn21. The van der Waals surface area contributed by atoms with Crippen molar-refractivity contribution in [3.05, 3.63) is 76.9 Å². The summed E-state index contributed by atoms with van der Waals surface area (Å²) in [6, 6.07) is 19.4. The second-order valence-electron chi connectivity index (χ2n) is 8.73. The van der Waals surface area contributed by atoms with E-state index in [1.807, 2.05) is 65.3 Å². The van der Waals surface area contributed by atoms with Gasteiger partial charge in [0, 0.05) is 23.6 Å². The molecule has 1 aliphatic heterocycles. The monoisotopic (exact) mass is 463 g/mol. The fraction of sp³-hybridized carbons (Fsp3) is 0.370. The second kappa shape index (κ2) is 10.8. The Labute approximate surface area is 200 Å². The number of ketones is 1. The highest BCUT2D eigenvalue weighted by atomic mass is 35.5. The minimum atomic E-state index is -0.123. The summed E-state index contributed by atoms with van der Waals surface area (Å²) in [6.45, 7) is 2.85. The summed E-state index contributed by atoms with van der Waals surface area (Å²) in [5, 5.41) is 5.46. The number of nitrogens with zero attached hydrogens (tertiary/aromatic N) is 3. The lowest BCUT2D eigenvalue weighted by molar-refractivity contribution is -0.119. The van der Waals surface area contributed by atoms with Gasteiger partial charge < -0.3 is 4.90 Å². The number of benzene rings is 2. The maximum atomic E-state index is 13.3. The molecule has 0 N–H and O–H groups in total. The molecule has 0 spiro atoms. The van der Waals surface area contributed by atoms with Crippen LogP contribution >= 0.6 is 11.6 Å². The summed E-state index contributed by atoms with van der Waals surface area (Å²) in [7, 11) is 0. The fourth-order valence-corrected chi connectivity index (χ4v) is 4.50. The normalized spacial score (nSPS) is 15.5. The summed E-state index contributed by atoms with van der Waals surface area (Å²) in [4.78, 5) is 27.7. The van der Waals surface area contributed by atoms with Crippen LogP contribution in [-0.2, 0) is 11.2 Å². The zero-order valence-electron chi connectivity index (χ0n) is 19.0. The lowest BCUT2D eigenvalue weighted by atomic mass is 10.0. The van der Waals surface area contributed by atoms with E-state index in [1.165, 1.54) is 0 Å². The number of hydrogen-bond donors (Lipinski definition) is 0. The average molecular weight is 464 g/mol. The third-order valence-electron chi connectivity index (χ3n) is 6.20. The van der Waals surface area contributed by atoms with Crippen LogP contribution in [-0.4, -0.2) is 39.5 Å². The molecule has 1 atom stereocenters. The molecule has 1 unspecified atom stereocenters. The lowest BCUT2D eigenvalue weighted by Crippen LogP contribution is -2.45. The minimum Gasteiger partial charge on any atom is -0.328 e. The van der Waals surface area contributed by atoms with Gasteiger partial charge in [0.2, 0.25) is 0 Å². The van der Waals surface area contributed by atoms with Gasteiger partial charge in [0.1, 0.15) is 5.69 Å². The molecule has 1 aliphatic rings. The molecule has 2 heterocycles. The number of hydrogen-bond acceptors (Lipinski definition) is 3. The first-order valence-electron chi connectivity index (χ1n) is 11.8. The van der Waals surface area contributed by atoms with Crippen molar-refractivity contribution in [3.63, 3.8) is 0 Å². The number of rotatable bonds is 10. The third-order valence-corrected chi connectivity index (χ3v) is 6.45. The van der Waals surface area contributed by atoms with Crippen LogP contribution in [0.15, 0.2) is 60.7 Å². The number of carbonyl (C=O) groups is 2. The standard InChI is InChI=1S/C27H30ClN3O2/c1-2-3-5-10-23-18-30(19-24(32)16-11-20-8-6-4-7-9-20)27(33)26-17-25(29-31(23)26)21-12-14-22(28)15-13-21/h4,6-9,12-15,17,23H,2-3,5,10-11,16,18-19H2,1H3. The second-order valence-corrected chi connectivity index (χ2v) is 9.16. The summed E-state index contributed by atoms with van der Waals surface area (Å²) in [6.07, 6.45) is 5.41. The van der Waals surface area contributed by atoms with Gasteiger partial charge in [-0.05, 0) is 36.6 Å². The molecular formula is C27H30ClN3O2. The van der Waals surface area contributed by atoms with Crippen LogP contribution in [0.2, 0.25) is 5.02 Å². The predicted octanol–water partition coefficient (Wildman–Crippen LogP) is 5.98. The number of carbonyl (C=O) groups excluding carboxylic acids is 2. The largest absolute Gasteiger partial charge is 0.328 e. The number of unbranched alkanes of at least 4 members (excludes halogenated alkanes) is 2. The van der Waals surface area contributed by atoms with Crippen molar-refractivity contribution in [2.24, 2.45) is 0 Å². The van der Waals surface area contributed by atoms with Crippen molar-refractivity contribution in [2.75, 3.05) is 13.1 Å². The topological polar surface area (TPSA) is 55.2 Å². The first kappa shape index (κ1) is 23.2. The van der Waals surface area contributed by atoms with Crippen LogP contribution in [0.3, 0.4) is 0 Å². The lowest BCUT2D eigenvalue weighted by Gasteiger charge is -2.33. The molecule has 0 bridgehead atoms. The molecular weight excluding hydrogens is 434 g/mol. The van der Waals surface area contributed by atoms with E-state index >= 15 is 0 Å². The van der Waals surface area contributed by atoms with Gasteiger partial charge in [-0.15, -0.1) is 0 Å². The summed E-state index contributed by atoms with van der Waals surface area (Å²) >= 11 is 6.03. The van der Waals surface area contributed by atoms with Gasteiger partial charge in [-0.1, -0.05) is 80.3 Å². The number of aromatic nitrogens is 2. The number of Topliss-reactive ketones (excluding diaryl/α,β-unsaturated/α-hetero) is 1. The molecule has 5 nitrogen and oxygen atoms in total. The van der Waals surface area contributed by atoms with Crippen molar-refractivity contribution < 1.29 is 9.59 Å². The van der Waals surface area contributed by atoms with E-state index < -0.39 is 0 Å². The van der Waals surface area contributed by atoms with E-state index in [9.17, 15) is 9.59 Å². The highest BCUT2D eigenvalue weighted by molar-refractivity contribution is 6.30. The molecule has 0 saturated carbocycles. The van der Waals surface area contributed by atoms with Crippen molar-refractivity contribution in [2.45, 2.75) is 51.5 Å². The Bertz CT molecular complexity index is 1090. The maximum Gasteiger partial charge on any atom is 0.272 e. The van der Waals surface area contributed by atoms with E-state index in [-0.39, 0.29) is 24.3 Å². The van der Waals surface area contributed by atoms with E-state index in [2.05, 4.69) is 6.92 Å². The summed E-state index contributed by atoms with van der Waals surface area (Å²) in [5.74, 6) is -0.0343. The first-order chi connectivity index (χ1) is 16.0. The molecule has 172 valence electrons. The van der Waals surface area contributed by atoms with Crippen LogP contribution in [0.5, 0.6) is 0 Å². The molecule has 0 aliphatic carbocycles. The molecule has 4 rings (SSSR count). The highest BCUT2D eigenvalue weighted by Crippen LogP contribution is 2.30. The van der Waals surface area contributed by atoms with E-state index in [0.717, 1.165) is 42.5 Å². The van der Waals surface area contributed by atoms with Crippen molar-refractivity contribution in [1.82, 2.24) is 14.7 Å². The van der Waals surface area contributed by atoms with Gasteiger partial charge in [-0.3, -0.25) is 14.3 Å². The third kappa shape index (κ3) is 5.72. The maximum absolute atomic E-state index is 13.3. The van der Waals surface area contributed by atoms with Crippen molar-refractivity contribution in [1.29, 1.82) is 0 Å². The van der Waals surface area contributed by atoms with Crippen LogP contribution in [0, 0.1) is 0 Å². The predicted molar refractivity (Wildman–Crippen MR) is 132 cm³/mol. The van der Waals surface area contributed by atoms with Gasteiger partial charge >= 0.3 is 0 Å². The molecule has 0 radical (unpaired) electrons. The van der Waals surface area contributed by atoms with Gasteiger partial charge in [0.15, 0.2) is 5.78 Å². The summed E-state index contributed by atoms with van der Waals surface area (Å²) < 4.78 is 1.88. The van der Waals surface area contributed by atoms with E-state index in [4.69, 9.17) is 16.7 Å². The van der Waals surface area contributed by atoms with Gasteiger partial charge in [-0.25, -0.2) is 0 Å². The first-order valence-corrected chi connectivity index (χ1v) is 12.1. The van der Waals surface area contributed by atoms with Gasteiger partial charge in [-0.2, -0.15) is 5.10 Å². The Balaban J connectivity index is 1.51. The zero-order valence-corrected chi connectivity index (χ0v) is 19.8. The Kier molecular flexibility index (Phi) is 7.61. The number of amides is 1. The molecule has 0 saturated heterocycles. The van der Waals surface area contributed by atoms with E-state index in [0.29, 0.717) is 30.1 Å². The molecule has 1 aromatic heterocycles. The molecule has 3 aromatic rings. The zero-order chi connectivity index (χ0) is 23.2. The number of fused-ring (bicyclic) bond motifs is 1. The van der Waals surface area contributed by atoms with Crippen LogP contribution in [0.1, 0.15) is 61.1 Å².